The van der Waals surface area contributed by atoms with Crippen molar-refractivity contribution in [3.05, 3.63) is 11.8 Å². The smallest absolute Gasteiger partial charge is 0.370 e. The number of unbranched alkanes of at least 4 members (excludes halogenated alkanes) is 2. The third-order valence-corrected chi connectivity index (χ3v) is 4.70. The Bertz CT molecular complexity index is 660. The molecular formula is C19H35N5O8. The Balaban J connectivity index is 2.99. The maximum absolute atomic E-state index is 11.8. The van der Waals surface area contributed by atoms with Gasteiger partial charge in [-0.2, -0.15) is 0 Å². The minimum atomic E-state index is -1.42. The fourth-order valence-corrected chi connectivity index (χ4v) is 3.32. The van der Waals surface area contributed by atoms with Crippen LogP contribution in [0.15, 0.2) is 11.8 Å². The lowest BCUT2D eigenvalue weighted by Crippen LogP contribution is -2.66. The molecule has 184 valence electrons. The van der Waals surface area contributed by atoms with Gasteiger partial charge >= 0.3 is 5.97 Å². The minimum absolute atomic E-state index is 0.117. The molecule has 0 aromatic carbocycles. The topological polar surface area (TPSA) is 218 Å². The molecular weight excluding hydrogens is 426 g/mol. The Kier molecular flexibility index (Phi) is 12.1. The van der Waals surface area contributed by atoms with Crippen molar-refractivity contribution >= 4 is 17.8 Å². The molecule has 32 heavy (non-hydrogen) atoms. The van der Waals surface area contributed by atoms with Crippen molar-refractivity contribution < 1.29 is 39.2 Å². The lowest BCUT2D eigenvalue weighted by molar-refractivity contribution is -0.154. The average molecular weight is 462 g/mol. The Morgan fingerprint density at radius 3 is 2.41 bits per heavy atom. The first-order valence-electron chi connectivity index (χ1n) is 10.4. The molecule has 0 fully saturated rings. The van der Waals surface area contributed by atoms with Gasteiger partial charge < -0.3 is 46.9 Å². The molecule has 0 aliphatic carbocycles. The van der Waals surface area contributed by atoms with Gasteiger partial charge in [-0.3, -0.25) is 14.9 Å². The van der Waals surface area contributed by atoms with Crippen LogP contribution in [0.4, 0.5) is 0 Å². The Morgan fingerprint density at radius 1 is 1.19 bits per heavy atom. The van der Waals surface area contributed by atoms with E-state index in [1.807, 2.05) is 0 Å². The number of nitrogens with one attached hydrogen (secondary N) is 3. The zero-order valence-electron chi connectivity index (χ0n) is 18.3. The van der Waals surface area contributed by atoms with Crippen LogP contribution in [0, 0.1) is 0 Å². The molecule has 5 atom stereocenters. The summed E-state index contributed by atoms with van der Waals surface area (Å²) >= 11 is 0. The second-order valence-electron chi connectivity index (χ2n) is 7.49. The van der Waals surface area contributed by atoms with Gasteiger partial charge in [0.05, 0.1) is 18.7 Å². The summed E-state index contributed by atoms with van der Waals surface area (Å²) in [5.41, 5.74) is 11.2. The van der Waals surface area contributed by atoms with E-state index in [0.717, 1.165) is 12.8 Å². The van der Waals surface area contributed by atoms with Crippen molar-refractivity contribution in [2.45, 2.75) is 69.8 Å². The van der Waals surface area contributed by atoms with Gasteiger partial charge in [0.2, 0.25) is 17.6 Å². The highest BCUT2D eigenvalue weighted by molar-refractivity contribution is 5.84. The zero-order chi connectivity index (χ0) is 24.3. The third kappa shape index (κ3) is 9.46. The quantitative estimate of drug-likeness (QED) is 0.0966. The molecule has 1 aliphatic heterocycles. The summed E-state index contributed by atoms with van der Waals surface area (Å²) in [7, 11) is 0. The first-order chi connectivity index (χ1) is 15.1. The molecule has 0 aromatic heterocycles. The first-order valence-corrected chi connectivity index (χ1v) is 10.4. The summed E-state index contributed by atoms with van der Waals surface area (Å²) < 4.78 is 11.3. The van der Waals surface area contributed by atoms with Crippen LogP contribution in [0.25, 0.3) is 0 Å². The fraction of sp³-hybridized carbons (Fsp3) is 0.737. The Morgan fingerprint density at radius 2 is 1.88 bits per heavy atom. The highest BCUT2D eigenvalue weighted by atomic mass is 16.6. The van der Waals surface area contributed by atoms with E-state index in [0.29, 0.717) is 13.0 Å². The number of nitrogens with two attached hydrogens (primary N) is 2. The number of carbonyl (C=O) groups is 3. The summed E-state index contributed by atoms with van der Waals surface area (Å²) in [6.45, 7) is 2.70. The zero-order valence-corrected chi connectivity index (χ0v) is 18.3. The van der Waals surface area contributed by atoms with Crippen molar-refractivity contribution in [1.82, 2.24) is 16.0 Å². The highest BCUT2D eigenvalue weighted by Gasteiger charge is 2.45. The number of aliphatic carboxylic acids is 1. The summed E-state index contributed by atoms with van der Waals surface area (Å²) in [5, 5.41) is 37.4. The van der Waals surface area contributed by atoms with E-state index in [4.69, 9.17) is 20.9 Å². The molecule has 0 aromatic rings. The van der Waals surface area contributed by atoms with Crippen molar-refractivity contribution in [1.29, 1.82) is 0 Å². The summed E-state index contributed by atoms with van der Waals surface area (Å²) in [6, 6.07) is -1.76. The van der Waals surface area contributed by atoms with Crippen molar-refractivity contribution in [2.75, 3.05) is 19.8 Å². The van der Waals surface area contributed by atoms with Crippen LogP contribution in [0.5, 0.6) is 0 Å². The largest absolute Gasteiger partial charge is 0.478 e. The first kappa shape index (κ1) is 27.7. The molecule has 0 bridgehead atoms. The number of carboxylic acids is 1. The predicted molar refractivity (Wildman–Crippen MR) is 113 cm³/mol. The van der Waals surface area contributed by atoms with Crippen LogP contribution < -0.4 is 27.4 Å². The molecule has 0 saturated carbocycles. The lowest BCUT2D eigenvalue weighted by Gasteiger charge is -2.42. The average Bonchev–Trinajstić information content (AvgIpc) is 2.69. The summed E-state index contributed by atoms with van der Waals surface area (Å²) in [6.07, 6.45) is -1.57. The molecule has 0 radical (unpaired) electrons. The predicted octanol–water partition coefficient (Wildman–Crippen LogP) is -2.94. The molecule has 13 heteroatoms. The van der Waals surface area contributed by atoms with Crippen LogP contribution in [0.1, 0.15) is 33.1 Å². The van der Waals surface area contributed by atoms with Crippen molar-refractivity contribution in [3.8, 4) is 0 Å². The number of aliphatic hydroxyl groups is 2. The van der Waals surface area contributed by atoms with E-state index in [2.05, 4.69) is 16.0 Å². The third-order valence-electron chi connectivity index (χ3n) is 4.70. The number of carbonyl (C=O) groups excluding carboxylic acids is 2. The van der Waals surface area contributed by atoms with E-state index in [1.165, 1.54) is 19.9 Å². The molecule has 0 spiro atoms. The second kappa shape index (κ2) is 14.0. The molecule has 1 rings (SSSR count). The van der Waals surface area contributed by atoms with E-state index < -0.39 is 60.9 Å². The number of amides is 2. The Labute approximate surface area is 186 Å². The van der Waals surface area contributed by atoms with Crippen LogP contribution in [0.3, 0.4) is 0 Å². The van der Waals surface area contributed by atoms with Crippen LogP contribution in [-0.4, -0.2) is 89.5 Å². The van der Waals surface area contributed by atoms with Gasteiger partial charge in [-0.1, -0.05) is 0 Å². The van der Waals surface area contributed by atoms with E-state index in [9.17, 15) is 29.7 Å². The van der Waals surface area contributed by atoms with Gasteiger partial charge in [-0.05, 0) is 25.3 Å². The fourth-order valence-electron chi connectivity index (χ4n) is 3.32. The second-order valence-corrected chi connectivity index (χ2v) is 7.49. The normalized spacial score (nSPS) is 22.5. The maximum Gasteiger partial charge on any atom is 0.370 e. The van der Waals surface area contributed by atoms with Gasteiger partial charge in [0.15, 0.2) is 0 Å². The monoisotopic (exact) mass is 461 g/mol. The highest BCUT2D eigenvalue weighted by Crippen LogP contribution is 2.25. The lowest BCUT2D eigenvalue weighted by atomic mass is 9.91. The summed E-state index contributed by atoms with van der Waals surface area (Å²) in [4.78, 5) is 34.3. The van der Waals surface area contributed by atoms with Gasteiger partial charge in [0.1, 0.15) is 24.6 Å². The number of hydrogen-bond acceptors (Lipinski definition) is 10. The SMILES string of the molecule is CC(=O)NCCCCCOC(C(O)CO)C1OC(C(=O)O)=CC(NC(N)N)C1NC(C)=O. The maximum atomic E-state index is 11.8. The van der Waals surface area contributed by atoms with Crippen LogP contribution in [-0.2, 0) is 23.9 Å². The molecule has 13 nitrogen and oxygen atoms in total. The molecule has 10 N–H and O–H groups in total. The Hall–Kier alpha value is -2.29. The van der Waals surface area contributed by atoms with Crippen LogP contribution in [0.2, 0.25) is 0 Å². The van der Waals surface area contributed by atoms with E-state index in [1.54, 1.807) is 0 Å². The number of aliphatic hydroxyl groups excluding tert-OH is 2. The standard InChI is InChI=1S/C19H35N5O8/c1-10(26)22-6-4-3-5-7-31-16(13(28)9-25)17-15(23-11(2)27)12(24-19(20)21)8-14(32-17)18(29)30/h8,12-13,15-17,19,24-25,28H,3-7,9,20-21H2,1-2H3,(H,22,26)(H,23,27)(H,29,30). The van der Waals surface area contributed by atoms with Gasteiger partial charge in [-0.25, -0.2) is 4.79 Å². The number of carboxylic acid groups (broad SMARTS) is 1. The molecule has 2 amide bonds. The van der Waals surface area contributed by atoms with Gasteiger partial charge in [0, 0.05) is 27.0 Å². The summed E-state index contributed by atoms with van der Waals surface area (Å²) in [5.74, 6) is -2.37. The van der Waals surface area contributed by atoms with Gasteiger partial charge in [-0.15, -0.1) is 0 Å². The number of hydrogen-bond donors (Lipinski definition) is 8. The number of ether oxygens (including phenoxy) is 2. The molecule has 0 saturated heterocycles. The van der Waals surface area contributed by atoms with Crippen LogP contribution >= 0.6 is 0 Å². The molecule has 1 aliphatic rings. The minimum Gasteiger partial charge on any atom is -0.478 e. The van der Waals surface area contributed by atoms with Gasteiger partial charge in [0.25, 0.3) is 0 Å². The van der Waals surface area contributed by atoms with Crippen molar-refractivity contribution in [2.24, 2.45) is 11.5 Å². The molecule has 1 heterocycles. The van der Waals surface area contributed by atoms with E-state index in [-0.39, 0.29) is 12.5 Å². The number of rotatable bonds is 14. The van der Waals surface area contributed by atoms with Crippen molar-refractivity contribution in [3.63, 3.8) is 0 Å². The molecule has 5 unspecified atom stereocenters. The van der Waals surface area contributed by atoms with E-state index >= 15 is 0 Å².